The first-order valence-corrected chi connectivity index (χ1v) is 12.7. The molecule has 1 saturated heterocycles. The first-order valence-electron chi connectivity index (χ1n) is 12.7. The molecule has 0 radical (unpaired) electrons. The number of halogens is 3. The van der Waals surface area contributed by atoms with E-state index in [-0.39, 0.29) is 11.8 Å². The fourth-order valence-corrected chi connectivity index (χ4v) is 4.15. The number of piperazine rings is 1. The smallest absolute Gasteiger partial charge is 0.369 e. The lowest BCUT2D eigenvalue weighted by molar-refractivity contribution is -0.137. The Morgan fingerprint density at radius 2 is 1.86 bits per heavy atom. The number of rotatable bonds is 13. The Bertz CT molecular complexity index is 983. The summed E-state index contributed by atoms with van der Waals surface area (Å²) in [6.45, 7) is 8.29. The average molecular weight is 525 g/mol. The molecule has 3 N–H and O–H groups in total. The van der Waals surface area contributed by atoms with Crippen LogP contribution in [0.1, 0.15) is 24.5 Å². The van der Waals surface area contributed by atoms with Crippen LogP contribution in [0.3, 0.4) is 0 Å². The van der Waals surface area contributed by atoms with E-state index in [9.17, 15) is 13.2 Å². The van der Waals surface area contributed by atoms with E-state index in [1.54, 1.807) is 12.2 Å². The molecular weight excluding hydrogens is 485 g/mol. The first kappa shape index (κ1) is 28.9. The maximum absolute atomic E-state index is 13.6. The zero-order valence-electron chi connectivity index (χ0n) is 22.2. The summed E-state index contributed by atoms with van der Waals surface area (Å²) in [5.41, 5.74) is 2.09. The van der Waals surface area contributed by atoms with Crippen LogP contribution in [-0.4, -0.2) is 93.5 Å². The van der Waals surface area contributed by atoms with E-state index >= 15 is 0 Å². The fraction of sp³-hybridized carbons (Fsp3) is 0.600. The van der Waals surface area contributed by atoms with Crippen molar-refractivity contribution in [3.05, 3.63) is 35.5 Å². The van der Waals surface area contributed by atoms with Gasteiger partial charge in [0.2, 0.25) is 5.95 Å². The third kappa shape index (κ3) is 8.42. The lowest BCUT2D eigenvalue weighted by atomic mass is 10.1. The van der Waals surface area contributed by atoms with Gasteiger partial charge in [-0.05, 0) is 50.7 Å². The number of aromatic nitrogens is 2. The summed E-state index contributed by atoms with van der Waals surface area (Å²) >= 11 is 0. The Hall–Kier alpha value is -2.67. The van der Waals surface area contributed by atoms with Crippen LogP contribution in [0.5, 0.6) is 0 Å². The molecule has 0 atom stereocenters. The molecule has 206 valence electrons. The summed E-state index contributed by atoms with van der Waals surface area (Å²) in [5.74, 6) is -0.124. The lowest BCUT2D eigenvalue weighted by Crippen LogP contribution is -2.44. The monoisotopic (exact) mass is 524 g/mol. The maximum Gasteiger partial charge on any atom is 0.421 e. The van der Waals surface area contributed by atoms with Crippen LogP contribution in [0.4, 0.5) is 36.3 Å². The molecule has 0 saturated carbocycles. The van der Waals surface area contributed by atoms with E-state index in [0.29, 0.717) is 26.1 Å². The van der Waals surface area contributed by atoms with Gasteiger partial charge < -0.3 is 30.6 Å². The standard InChI is InChI=1S/C25H39F3N8O/c1-5-19-17-20(35-15-13-34(3)14-16-35)7-8-22(19)32-24-31-18-21(25(26,27)28)23(33-24)30-9-6-11-36(37-4)12-10-29-2/h7-8,17-18,29H,5-6,9-16H2,1-4H3,(H2,30,31,32,33). The summed E-state index contributed by atoms with van der Waals surface area (Å²) in [6, 6.07) is 6.11. The molecule has 1 aliphatic rings. The van der Waals surface area contributed by atoms with Crippen molar-refractivity contribution in [1.29, 1.82) is 0 Å². The molecule has 1 aromatic carbocycles. The number of likely N-dealkylation sites (N-methyl/N-ethyl adjacent to an activating group) is 2. The van der Waals surface area contributed by atoms with E-state index in [0.717, 1.165) is 62.3 Å². The topological polar surface area (TPSA) is 80.8 Å². The quantitative estimate of drug-likeness (QED) is 0.270. The van der Waals surface area contributed by atoms with Gasteiger partial charge in [-0.15, -0.1) is 0 Å². The van der Waals surface area contributed by atoms with Crippen molar-refractivity contribution < 1.29 is 18.0 Å². The highest BCUT2D eigenvalue weighted by Crippen LogP contribution is 2.34. The van der Waals surface area contributed by atoms with Gasteiger partial charge in [0.05, 0.1) is 7.11 Å². The molecule has 1 aliphatic heterocycles. The summed E-state index contributed by atoms with van der Waals surface area (Å²) < 4.78 is 40.9. The second-order valence-corrected chi connectivity index (χ2v) is 9.06. The van der Waals surface area contributed by atoms with Gasteiger partial charge in [-0.1, -0.05) is 6.92 Å². The molecule has 0 aliphatic carbocycles. The number of nitrogens with zero attached hydrogens (tertiary/aromatic N) is 5. The van der Waals surface area contributed by atoms with Crippen molar-refractivity contribution in [2.45, 2.75) is 25.9 Å². The van der Waals surface area contributed by atoms with Crippen molar-refractivity contribution in [1.82, 2.24) is 25.2 Å². The van der Waals surface area contributed by atoms with E-state index in [2.05, 4.69) is 55.8 Å². The first-order chi connectivity index (χ1) is 17.7. The molecule has 0 amide bonds. The third-order valence-electron chi connectivity index (χ3n) is 6.42. The Morgan fingerprint density at radius 1 is 1.11 bits per heavy atom. The third-order valence-corrected chi connectivity index (χ3v) is 6.42. The van der Waals surface area contributed by atoms with Crippen LogP contribution in [-0.2, 0) is 17.4 Å². The second-order valence-electron chi connectivity index (χ2n) is 9.06. The van der Waals surface area contributed by atoms with Crippen molar-refractivity contribution in [3.63, 3.8) is 0 Å². The predicted octanol–water partition coefficient (Wildman–Crippen LogP) is 3.44. The molecule has 12 heteroatoms. The summed E-state index contributed by atoms with van der Waals surface area (Å²) in [7, 11) is 5.55. The highest BCUT2D eigenvalue weighted by molar-refractivity contribution is 5.65. The minimum atomic E-state index is -4.56. The van der Waals surface area contributed by atoms with Gasteiger partial charge in [0, 0.05) is 69.9 Å². The molecule has 2 aromatic rings. The van der Waals surface area contributed by atoms with Gasteiger partial charge in [0.1, 0.15) is 11.4 Å². The van der Waals surface area contributed by atoms with E-state index < -0.39 is 11.7 Å². The number of aryl methyl sites for hydroxylation is 1. The van der Waals surface area contributed by atoms with Crippen LogP contribution in [0.25, 0.3) is 0 Å². The minimum Gasteiger partial charge on any atom is -0.369 e. The minimum absolute atomic E-state index is 0.116. The molecule has 1 fully saturated rings. The van der Waals surface area contributed by atoms with E-state index in [4.69, 9.17) is 4.84 Å². The Labute approximate surface area is 217 Å². The van der Waals surface area contributed by atoms with E-state index in [1.807, 2.05) is 19.2 Å². The highest BCUT2D eigenvalue weighted by Gasteiger charge is 2.35. The van der Waals surface area contributed by atoms with Crippen LogP contribution < -0.4 is 20.9 Å². The summed E-state index contributed by atoms with van der Waals surface area (Å²) in [4.78, 5) is 18.1. The number of benzene rings is 1. The van der Waals surface area contributed by atoms with E-state index in [1.165, 1.54) is 0 Å². The molecule has 1 aromatic heterocycles. The zero-order chi connectivity index (χ0) is 26.8. The highest BCUT2D eigenvalue weighted by atomic mass is 19.4. The number of hydrogen-bond donors (Lipinski definition) is 3. The molecular formula is C25H39F3N8O. The lowest BCUT2D eigenvalue weighted by Gasteiger charge is -2.34. The van der Waals surface area contributed by atoms with Crippen molar-refractivity contribution in [3.8, 4) is 0 Å². The van der Waals surface area contributed by atoms with Gasteiger partial charge >= 0.3 is 6.18 Å². The number of nitrogens with one attached hydrogen (secondary N) is 3. The molecule has 0 spiro atoms. The van der Waals surface area contributed by atoms with Gasteiger partial charge in [-0.3, -0.25) is 0 Å². The molecule has 37 heavy (non-hydrogen) atoms. The predicted molar refractivity (Wildman–Crippen MR) is 141 cm³/mol. The van der Waals surface area contributed by atoms with Crippen molar-refractivity contribution >= 4 is 23.1 Å². The van der Waals surface area contributed by atoms with Gasteiger partial charge in [-0.2, -0.15) is 23.2 Å². The zero-order valence-corrected chi connectivity index (χ0v) is 22.2. The number of hydrogen-bond acceptors (Lipinski definition) is 9. The summed E-state index contributed by atoms with van der Waals surface area (Å²) in [5, 5.41) is 10.8. The molecule has 9 nitrogen and oxygen atoms in total. The Kier molecular flexibility index (Phi) is 10.7. The van der Waals surface area contributed by atoms with Gasteiger partial charge in [0.15, 0.2) is 0 Å². The van der Waals surface area contributed by atoms with Crippen LogP contribution >= 0.6 is 0 Å². The van der Waals surface area contributed by atoms with Crippen LogP contribution in [0.15, 0.2) is 24.4 Å². The van der Waals surface area contributed by atoms with Crippen LogP contribution in [0.2, 0.25) is 0 Å². The fourth-order valence-electron chi connectivity index (χ4n) is 4.15. The van der Waals surface area contributed by atoms with Gasteiger partial charge in [0.25, 0.3) is 0 Å². The van der Waals surface area contributed by atoms with Crippen molar-refractivity contribution in [2.75, 3.05) is 89.1 Å². The largest absolute Gasteiger partial charge is 0.421 e. The number of anilines is 4. The van der Waals surface area contributed by atoms with Crippen molar-refractivity contribution in [2.24, 2.45) is 0 Å². The Morgan fingerprint density at radius 3 is 2.51 bits per heavy atom. The SMILES string of the molecule is CCc1cc(N2CCN(C)CC2)ccc1Nc1ncc(C(F)(F)F)c(NCCCN(CCNC)OC)n1. The molecule has 0 unspecified atom stereocenters. The van der Waals surface area contributed by atoms with Crippen LogP contribution in [0, 0.1) is 0 Å². The average Bonchev–Trinajstić information content (AvgIpc) is 2.88. The number of hydroxylamine groups is 2. The normalized spacial score (nSPS) is 14.9. The molecule has 0 bridgehead atoms. The number of alkyl halides is 3. The molecule has 3 rings (SSSR count). The summed E-state index contributed by atoms with van der Waals surface area (Å²) in [6.07, 6.45) is -2.39. The van der Waals surface area contributed by atoms with Gasteiger partial charge in [-0.25, -0.2) is 4.98 Å². The Balaban J connectivity index is 1.71. The molecule has 2 heterocycles. The second kappa shape index (κ2) is 13.8. The maximum atomic E-state index is 13.6.